The van der Waals surface area contributed by atoms with E-state index in [4.69, 9.17) is 29.4 Å². The summed E-state index contributed by atoms with van der Waals surface area (Å²) in [4.78, 5) is 83.0. The van der Waals surface area contributed by atoms with Crippen molar-refractivity contribution in [3.63, 3.8) is 0 Å². The van der Waals surface area contributed by atoms with E-state index in [0.717, 1.165) is 25.7 Å². The first-order chi connectivity index (χ1) is 36.2. The van der Waals surface area contributed by atoms with Crippen molar-refractivity contribution in [2.75, 3.05) is 5.32 Å². The summed E-state index contributed by atoms with van der Waals surface area (Å²) in [6.45, 7) is 30.9. The van der Waals surface area contributed by atoms with Gasteiger partial charge in [-0.25, -0.2) is 19.6 Å². The topological polar surface area (TPSA) is 177 Å². The number of aromatic amines is 1. The first kappa shape index (κ1) is 56.2. The fourth-order valence-electron chi connectivity index (χ4n) is 12.0. The average molecular weight is 1040 g/mol. The second kappa shape index (κ2) is 22.1. The highest BCUT2D eigenvalue weighted by Gasteiger charge is 2.51. The van der Waals surface area contributed by atoms with Gasteiger partial charge in [-0.05, 0) is 108 Å². The third kappa shape index (κ3) is 12.6. The zero-order valence-electron chi connectivity index (χ0n) is 47.6. The van der Waals surface area contributed by atoms with Gasteiger partial charge in [0.25, 0.3) is 11.8 Å². The molecule has 5 aromatic rings. The Kier molecular flexibility index (Phi) is 16.2. The zero-order chi connectivity index (χ0) is 55.8. The number of amidine groups is 2. The van der Waals surface area contributed by atoms with E-state index in [0.29, 0.717) is 34.4 Å². The van der Waals surface area contributed by atoms with Crippen LogP contribution in [-0.2, 0) is 14.3 Å². The van der Waals surface area contributed by atoms with Gasteiger partial charge < -0.3 is 25.1 Å². The monoisotopic (exact) mass is 1040 g/mol. The molecule has 0 saturated heterocycles. The molecule has 2 amide bonds. The van der Waals surface area contributed by atoms with Crippen LogP contribution in [0.25, 0.3) is 16.8 Å². The Hall–Kier alpha value is -7.02. The summed E-state index contributed by atoms with van der Waals surface area (Å²) in [5, 5.41) is 5.98. The Labute approximate surface area is 455 Å². The second-order valence-corrected chi connectivity index (χ2v) is 26.1. The third-order valence-electron chi connectivity index (χ3n) is 16.1. The Bertz CT molecular complexity index is 3000. The van der Waals surface area contributed by atoms with Crippen LogP contribution < -0.4 is 10.6 Å². The van der Waals surface area contributed by atoms with Crippen molar-refractivity contribution in [1.82, 2.24) is 20.3 Å². The Morgan fingerprint density at radius 3 is 1.39 bits per heavy atom. The number of carbonyl (C=O) groups excluding carboxylic acids is 4. The average Bonchev–Trinajstić information content (AvgIpc) is 3.96. The summed E-state index contributed by atoms with van der Waals surface area (Å²) >= 11 is 0. The van der Waals surface area contributed by atoms with Crippen molar-refractivity contribution in [2.24, 2.45) is 67.2 Å². The Morgan fingerprint density at radius 1 is 0.545 bits per heavy atom. The first-order valence-electron chi connectivity index (χ1n) is 27.4. The smallest absolute Gasteiger partial charge is 0.343 e. The van der Waals surface area contributed by atoms with Gasteiger partial charge in [-0.1, -0.05) is 145 Å². The standard InChI is InChI=1S/C64H79N7O6/c1-37-33-41(61(3,4)5)51(42(34-37)62(6,7)8)76-59(74)49-47(45-29-21-23-31-65-45)53(68-55(49)70-57(72)39-25-17-15-18-26-39)67-54-48(46-30-22-24-32-66-46)50(56(69-54)71-58(73)40-27-19-16-20-28-40)60(75)77-52-43(63(9,10)11)35-38(2)36-44(52)64(12,13)14/h15-32,37-38,41-44,51-52,68H,33-36H2,1-14H3,(H,70,72)(H,67,69,71,73). The van der Waals surface area contributed by atoms with Crippen LogP contribution in [0.1, 0.15) is 159 Å². The predicted octanol–water partition coefficient (Wildman–Crippen LogP) is 14.0. The van der Waals surface area contributed by atoms with Crippen molar-refractivity contribution in [1.29, 1.82) is 0 Å². The highest BCUT2D eigenvalue weighted by Crippen LogP contribution is 2.52. The number of hydrogen-bond acceptors (Lipinski definition) is 9. The summed E-state index contributed by atoms with van der Waals surface area (Å²) in [5.41, 5.74) is 0.915. The summed E-state index contributed by atoms with van der Waals surface area (Å²) in [7, 11) is 0. The van der Waals surface area contributed by atoms with E-state index in [1.165, 1.54) is 0 Å². The molecule has 13 heteroatoms. The molecule has 4 heterocycles. The molecule has 4 unspecified atom stereocenters. The quantitative estimate of drug-likeness (QED) is 0.116. The first-order valence-corrected chi connectivity index (χ1v) is 27.4. The highest BCUT2D eigenvalue weighted by atomic mass is 16.5. The van der Waals surface area contributed by atoms with Gasteiger partial charge in [0.15, 0.2) is 11.7 Å². The van der Waals surface area contributed by atoms with Gasteiger partial charge in [-0.3, -0.25) is 19.6 Å². The molecule has 4 atom stereocenters. The van der Waals surface area contributed by atoms with E-state index in [-0.39, 0.29) is 90.9 Å². The van der Waals surface area contributed by atoms with Crippen LogP contribution in [0.2, 0.25) is 0 Å². The molecule has 0 bridgehead atoms. The van der Waals surface area contributed by atoms with Crippen LogP contribution in [0.4, 0.5) is 11.6 Å². The molecule has 8 rings (SSSR count). The van der Waals surface area contributed by atoms with E-state index >= 15 is 9.59 Å². The van der Waals surface area contributed by atoms with Gasteiger partial charge in [-0.15, -0.1) is 0 Å². The predicted molar refractivity (Wildman–Crippen MR) is 306 cm³/mol. The molecule has 3 N–H and O–H groups in total. The van der Waals surface area contributed by atoms with Crippen LogP contribution in [0, 0.1) is 57.2 Å². The van der Waals surface area contributed by atoms with Crippen LogP contribution in [-0.4, -0.2) is 62.6 Å². The fourth-order valence-corrected chi connectivity index (χ4v) is 12.0. The maximum Gasteiger partial charge on any atom is 0.343 e. The molecule has 77 heavy (non-hydrogen) atoms. The number of nitrogens with zero attached hydrogens (tertiary/aromatic N) is 4. The summed E-state index contributed by atoms with van der Waals surface area (Å²) in [5.74, 6) is -1.50. The number of hydrogen-bond donors (Lipinski definition) is 3. The fraction of sp³-hybridized carbons (Fsp3) is 0.469. The molecule has 1 aliphatic heterocycles. The number of pyridine rings is 2. The van der Waals surface area contributed by atoms with Crippen LogP contribution in [0.15, 0.2) is 125 Å². The second-order valence-electron chi connectivity index (χ2n) is 26.1. The molecule has 0 radical (unpaired) electrons. The Balaban J connectivity index is 1.37. The van der Waals surface area contributed by atoms with Gasteiger partial charge in [0.05, 0.1) is 22.5 Å². The molecule has 0 spiro atoms. The van der Waals surface area contributed by atoms with E-state index < -0.39 is 36.0 Å². The number of aliphatic imine (C=N–C) groups is 2. The van der Waals surface area contributed by atoms with Gasteiger partial charge in [0, 0.05) is 47.2 Å². The Morgan fingerprint density at radius 2 is 0.961 bits per heavy atom. The lowest BCUT2D eigenvalue weighted by atomic mass is 9.59. The van der Waals surface area contributed by atoms with Crippen LogP contribution in [0.3, 0.4) is 0 Å². The lowest BCUT2D eigenvalue weighted by Crippen LogP contribution is -2.50. The molecule has 3 aliphatic rings. The van der Waals surface area contributed by atoms with E-state index in [9.17, 15) is 9.59 Å². The number of carbonyl (C=O) groups is 4. The number of amides is 2. The van der Waals surface area contributed by atoms with Crippen molar-refractivity contribution in [2.45, 2.75) is 135 Å². The largest absolute Gasteiger partial charge is 0.458 e. The summed E-state index contributed by atoms with van der Waals surface area (Å²) < 4.78 is 13.8. The number of H-pyrrole nitrogens is 1. The number of benzene rings is 2. The molecular formula is C64H79N7O6. The summed E-state index contributed by atoms with van der Waals surface area (Å²) in [6, 6.07) is 28.1. The van der Waals surface area contributed by atoms with Gasteiger partial charge in [0.1, 0.15) is 35.0 Å². The number of anilines is 1. The molecule has 2 aromatic carbocycles. The number of ether oxygens (including phenoxy) is 2. The highest BCUT2D eigenvalue weighted by molar-refractivity contribution is 6.45. The van der Waals surface area contributed by atoms with E-state index in [1.807, 2.05) is 12.1 Å². The van der Waals surface area contributed by atoms with Crippen LogP contribution in [0.5, 0.6) is 0 Å². The van der Waals surface area contributed by atoms with Crippen LogP contribution >= 0.6 is 0 Å². The van der Waals surface area contributed by atoms with Gasteiger partial charge in [-0.2, -0.15) is 0 Å². The van der Waals surface area contributed by atoms with Crippen molar-refractivity contribution >= 4 is 52.6 Å². The third-order valence-corrected chi connectivity index (χ3v) is 16.1. The maximum absolute atomic E-state index is 15.6. The SMILES string of the molecule is CC1CC(C(C)(C)C)C(OC(=O)C2=C(c3ccccn3)C(=Nc3[nH]c(NC(=O)c4ccccc4)c(C(=O)OC4C(C(C)(C)C)CC(C)CC4C(C)(C)C)c3-c3ccccn3)N=C2NC(=O)c2ccccc2)C(C(C)(C)C)C1. The van der Waals surface area contributed by atoms with E-state index in [2.05, 4.69) is 113 Å². The number of nitrogens with one attached hydrogen (secondary N) is 3. The minimum Gasteiger partial charge on any atom is -0.458 e. The number of aromatic nitrogens is 3. The summed E-state index contributed by atoms with van der Waals surface area (Å²) in [6.07, 6.45) is 5.72. The van der Waals surface area contributed by atoms with Gasteiger partial charge >= 0.3 is 11.9 Å². The minimum absolute atomic E-state index is 0.00377. The molecule has 2 aliphatic carbocycles. The molecule has 13 nitrogen and oxygen atoms in total. The molecule has 3 aromatic heterocycles. The van der Waals surface area contributed by atoms with Crippen molar-refractivity contribution in [3.8, 4) is 11.3 Å². The normalized spacial score (nSPS) is 23.8. The number of rotatable bonds is 10. The molecule has 406 valence electrons. The molecular weight excluding hydrogens is 963 g/mol. The maximum atomic E-state index is 15.6. The molecule has 2 saturated carbocycles. The van der Waals surface area contributed by atoms with Gasteiger partial charge in [0.2, 0.25) is 0 Å². The van der Waals surface area contributed by atoms with Crippen molar-refractivity contribution < 1.29 is 28.7 Å². The lowest BCUT2D eigenvalue weighted by molar-refractivity contribution is -0.164. The molecule has 2 fully saturated rings. The minimum atomic E-state index is -0.689. The lowest BCUT2D eigenvalue weighted by Gasteiger charge is -2.50. The van der Waals surface area contributed by atoms with E-state index in [1.54, 1.807) is 97.3 Å². The number of esters is 2. The zero-order valence-corrected chi connectivity index (χ0v) is 47.6. The van der Waals surface area contributed by atoms with Crippen molar-refractivity contribution in [3.05, 3.63) is 137 Å².